The fraction of sp³-hybridized carbons (Fsp3) is 0.929. The fourth-order valence-corrected chi connectivity index (χ4v) is 4.26. The summed E-state index contributed by atoms with van der Waals surface area (Å²) in [6.07, 6.45) is 4.14. The smallest absolute Gasteiger partial charge is 0.156 e. The number of hydrogen-bond acceptors (Lipinski definition) is 3. The number of nitrogens with one attached hydrogen (secondary N) is 1. The molecule has 0 aromatic rings. The molecule has 0 radical (unpaired) electrons. The maximum atomic E-state index is 4.81. The SMILES string of the molecule is CN(C)CC(C)(C)CN=C1NC2CCCC2CS1. The van der Waals surface area contributed by atoms with E-state index in [9.17, 15) is 0 Å². The summed E-state index contributed by atoms with van der Waals surface area (Å²) in [5.74, 6) is 2.16. The lowest BCUT2D eigenvalue weighted by molar-refractivity contribution is 0.249. The van der Waals surface area contributed by atoms with E-state index in [0.29, 0.717) is 6.04 Å². The molecule has 0 bridgehead atoms. The van der Waals surface area contributed by atoms with Crippen molar-refractivity contribution in [2.24, 2.45) is 16.3 Å². The van der Waals surface area contributed by atoms with Gasteiger partial charge in [-0.2, -0.15) is 0 Å². The minimum atomic E-state index is 0.255. The van der Waals surface area contributed by atoms with Crippen molar-refractivity contribution in [1.82, 2.24) is 10.2 Å². The maximum absolute atomic E-state index is 4.81. The summed E-state index contributed by atoms with van der Waals surface area (Å²) in [6.45, 7) is 6.59. The zero-order valence-corrected chi connectivity index (χ0v) is 13.0. The third-order valence-electron chi connectivity index (χ3n) is 3.80. The lowest BCUT2D eigenvalue weighted by atomic mass is 9.93. The van der Waals surface area contributed by atoms with Gasteiger partial charge < -0.3 is 10.2 Å². The van der Waals surface area contributed by atoms with Gasteiger partial charge in [0.25, 0.3) is 0 Å². The quantitative estimate of drug-likeness (QED) is 0.849. The average molecular weight is 269 g/mol. The van der Waals surface area contributed by atoms with E-state index in [2.05, 4.69) is 38.2 Å². The number of fused-ring (bicyclic) bond motifs is 1. The first-order valence-electron chi connectivity index (χ1n) is 7.05. The molecule has 1 N–H and O–H groups in total. The number of nitrogens with zero attached hydrogens (tertiary/aromatic N) is 2. The number of aliphatic imine (C=N–C) groups is 1. The highest BCUT2D eigenvalue weighted by molar-refractivity contribution is 8.13. The topological polar surface area (TPSA) is 27.6 Å². The zero-order valence-electron chi connectivity index (χ0n) is 12.2. The summed E-state index contributed by atoms with van der Waals surface area (Å²) in [5, 5.41) is 4.83. The van der Waals surface area contributed by atoms with Crippen molar-refractivity contribution < 1.29 is 0 Å². The molecular formula is C14H27N3S. The van der Waals surface area contributed by atoms with E-state index in [4.69, 9.17) is 4.99 Å². The minimum absolute atomic E-state index is 0.255. The van der Waals surface area contributed by atoms with Gasteiger partial charge >= 0.3 is 0 Å². The standard InChI is InChI=1S/C14H27N3S/c1-14(2,10-17(3)4)9-15-13-16-12-7-5-6-11(12)8-18-13/h11-12H,5-10H2,1-4H3,(H,15,16). The van der Waals surface area contributed by atoms with Gasteiger partial charge in [0.2, 0.25) is 0 Å². The van der Waals surface area contributed by atoms with Crippen molar-refractivity contribution in [3.8, 4) is 0 Å². The molecule has 2 fully saturated rings. The van der Waals surface area contributed by atoms with E-state index in [1.807, 2.05) is 11.8 Å². The monoisotopic (exact) mass is 269 g/mol. The molecule has 1 aliphatic heterocycles. The Bertz CT molecular complexity index is 312. The van der Waals surface area contributed by atoms with Gasteiger partial charge in [0.1, 0.15) is 0 Å². The van der Waals surface area contributed by atoms with Crippen LogP contribution in [-0.2, 0) is 0 Å². The van der Waals surface area contributed by atoms with E-state index >= 15 is 0 Å². The van der Waals surface area contributed by atoms with Gasteiger partial charge in [-0.3, -0.25) is 4.99 Å². The summed E-state index contributed by atoms with van der Waals surface area (Å²) < 4.78 is 0. The molecule has 1 saturated carbocycles. The molecule has 18 heavy (non-hydrogen) atoms. The molecular weight excluding hydrogens is 242 g/mol. The molecule has 2 aliphatic rings. The Morgan fingerprint density at radius 2 is 2.17 bits per heavy atom. The molecule has 4 heteroatoms. The summed E-state index contributed by atoms with van der Waals surface area (Å²) >= 11 is 1.92. The Morgan fingerprint density at radius 3 is 2.89 bits per heavy atom. The molecule has 0 amide bonds. The van der Waals surface area contributed by atoms with Crippen molar-refractivity contribution in [2.75, 3.05) is 32.9 Å². The number of thioether (sulfide) groups is 1. The molecule has 2 unspecified atom stereocenters. The van der Waals surface area contributed by atoms with Crippen LogP contribution < -0.4 is 5.32 Å². The molecule has 1 saturated heterocycles. The Kier molecular flexibility index (Phi) is 4.59. The second-order valence-electron chi connectivity index (χ2n) is 6.78. The highest BCUT2D eigenvalue weighted by atomic mass is 32.2. The highest BCUT2D eigenvalue weighted by Crippen LogP contribution is 2.33. The largest absolute Gasteiger partial charge is 0.362 e. The van der Waals surface area contributed by atoms with Crippen molar-refractivity contribution >= 4 is 16.9 Å². The van der Waals surface area contributed by atoms with Crippen LogP contribution in [0.1, 0.15) is 33.1 Å². The molecule has 0 aromatic heterocycles. The van der Waals surface area contributed by atoms with Crippen LogP contribution in [0.2, 0.25) is 0 Å². The van der Waals surface area contributed by atoms with Crippen LogP contribution in [0.3, 0.4) is 0 Å². The minimum Gasteiger partial charge on any atom is -0.362 e. The van der Waals surface area contributed by atoms with Gasteiger partial charge in [-0.25, -0.2) is 0 Å². The van der Waals surface area contributed by atoms with Crippen LogP contribution >= 0.6 is 11.8 Å². The van der Waals surface area contributed by atoms with Gasteiger partial charge in [-0.1, -0.05) is 32.0 Å². The Morgan fingerprint density at radius 1 is 1.39 bits per heavy atom. The molecule has 2 rings (SSSR count). The second-order valence-corrected chi connectivity index (χ2v) is 7.78. The van der Waals surface area contributed by atoms with Crippen molar-refractivity contribution in [1.29, 1.82) is 0 Å². The normalized spacial score (nSPS) is 30.6. The van der Waals surface area contributed by atoms with Gasteiger partial charge in [0.15, 0.2) is 5.17 Å². The summed E-state index contributed by atoms with van der Waals surface area (Å²) in [5.41, 5.74) is 0.255. The van der Waals surface area contributed by atoms with Crippen molar-refractivity contribution in [3.63, 3.8) is 0 Å². The van der Waals surface area contributed by atoms with E-state index in [1.54, 1.807) is 0 Å². The first-order chi connectivity index (χ1) is 8.46. The summed E-state index contributed by atoms with van der Waals surface area (Å²) in [7, 11) is 4.26. The van der Waals surface area contributed by atoms with E-state index in [-0.39, 0.29) is 5.41 Å². The molecule has 0 spiro atoms. The van der Waals surface area contributed by atoms with Crippen LogP contribution in [-0.4, -0.2) is 49.0 Å². The second kappa shape index (κ2) is 5.83. The predicted molar refractivity (Wildman–Crippen MR) is 81.4 cm³/mol. The van der Waals surface area contributed by atoms with Crippen LogP contribution in [0.15, 0.2) is 4.99 Å². The number of amidine groups is 1. The van der Waals surface area contributed by atoms with Crippen LogP contribution in [0, 0.1) is 11.3 Å². The third-order valence-corrected chi connectivity index (χ3v) is 4.91. The van der Waals surface area contributed by atoms with Crippen molar-refractivity contribution in [2.45, 2.75) is 39.2 Å². The number of rotatable bonds is 4. The first kappa shape index (κ1) is 14.2. The van der Waals surface area contributed by atoms with Crippen molar-refractivity contribution in [3.05, 3.63) is 0 Å². The Balaban J connectivity index is 1.86. The van der Waals surface area contributed by atoms with Gasteiger partial charge in [0.05, 0.1) is 0 Å². The predicted octanol–water partition coefficient (Wildman–Crippen LogP) is 2.44. The Labute approximate surface area is 116 Å². The lowest BCUT2D eigenvalue weighted by Gasteiger charge is -2.30. The van der Waals surface area contributed by atoms with Crippen LogP contribution in [0.5, 0.6) is 0 Å². The van der Waals surface area contributed by atoms with Gasteiger partial charge in [0, 0.05) is 24.9 Å². The van der Waals surface area contributed by atoms with E-state index in [0.717, 1.165) is 19.0 Å². The molecule has 0 aromatic carbocycles. The molecule has 1 heterocycles. The molecule has 2 atom stereocenters. The summed E-state index contributed by atoms with van der Waals surface area (Å²) in [4.78, 5) is 7.05. The number of hydrogen-bond donors (Lipinski definition) is 1. The van der Waals surface area contributed by atoms with Crippen LogP contribution in [0.4, 0.5) is 0 Å². The Hall–Kier alpha value is -0.220. The molecule has 104 valence electrons. The lowest BCUT2D eigenvalue weighted by Crippen LogP contribution is -2.42. The summed E-state index contributed by atoms with van der Waals surface area (Å²) in [6, 6.07) is 0.710. The highest BCUT2D eigenvalue weighted by Gasteiger charge is 2.32. The maximum Gasteiger partial charge on any atom is 0.156 e. The van der Waals surface area contributed by atoms with E-state index < -0.39 is 0 Å². The fourth-order valence-electron chi connectivity index (χ4n) is 3.10. The van der Waals surface area contributed by atoms with E-state index in [1.165, 1.54) is 30.2 Å². The zero-order chi connectivity index (χ0) is 13.2. The van der Waals surface area contributed by atoms with Gasteiger partial charge in [-0.05, 0) is 38.3 Å². The first-order valence-corrected chi connectivity index (χ1v) is 8.03. The van der Waals surface area contributed by atoms with Gasteiger partial charge in [-0.15, -0.1) is 0 Å². The third kappa shape index (κ3) is 3.89. The molecule has 1 aliphatic carbocycles. The average Bonchev–Trinajstić information content (AvgIpc) is 2.71. The molecule has 3 nitrogen and oxygen atoms in total. The van der Waals surface area contributed by atoms with Crippen LogP contribution in [0.25, 0.3) is 0 Å².